The lowest BCUT2D eigenvalue weighted by molar-refractivity contribution is -0.118. The molecule has 0 aromatic heterocycles. The normalized spacial score (nSPS) is 10.3. The molecule has 0 radical (unpaired) electrons. The first-order valence-corrected chi connectivity index (χ1v) is 11.0. The van der Waals surface area contributed by atoms with Crippen LogP contribution < -0.4 is 20.3 Å². The molecule has 0 saturated carbocycles. The smallest absolute Gasteiger partial charge is 0.244 e. The van der Waals surface area contributed by atoms with Crippen molar-refractivity contribution in [1.29, 1.82) is 0 Å². The number of hydrazine groups is 3. The van der Waals surface area contributed by atoms with Gasteiger partial charge < -0.3 is 0 Å². The summed E-state index contributed by atoms with van der Waals surface area (Å²) in [4.78, 5) is 26.4. The van der Waals surface area contributed by atoms with E-state index < -0.39 is 0 Å². The minimum absolute atomic E-state index is 0.215. The molecule has 6 nitrogen and oxygen atoms in total. The molecule has 34 heavy (non-hydrogen) atoms. The van der Waals surface area contributed by atoms with E-state index in [-0.39, 0.29) is 11.8 Å². The maximum Gasteiger partial charge on any atom is 0.244 e. The van der Waals surface area contributed by atoms with Crippen LogP contribution in [0.3, 0.4) is 0 Å². The molecule has 0 heterocycles. The fourth-order valence-electron chi connectivity index (χ4n) is 3.73. The summed E-state index contributed by atoms with van der Waals surface area (Å²) in [5.74, 6) is -0.430. The van der Waals surface area contributed by atoms with Crippen molar-refractivity contribution in [2.24, 2.45) is 0 Å². The van der Waals surface area contributed by atoms with Crippen LogP contribution in [0.15, 0.2) is 121 Å². The van der Waals surface area contributed by atoms with E-state index in [1.807, 2.05) is 121 Å². The molecule has 0 aliphatic heterocycles. The molecule has 0 aliphatic carbocycles. The zero-order chi connectivity index (χ0) is 23.9. The summed E-state index contributed by atoms with van der Waals surface area (Å²) in [6.45, 7) is 3.01. The minimum Gasteiger partial charge on any atom is -0.273 e. The first kappa shape index (κ1) is 22.6. The zero-order valence-electron chi connectivity index (χ0n) is 19.2. The first-order chi connectivity index (χ1) is 16.6. The Morgan fingerprint density at radius 2 is 0.647 bits per heavy atom. The van der Waals surface area contributed by atoms with E-state index in [1.165, 1.54) is 13.8 Å². The van der Waals surface area contributed by atoms with Gasteiger partial charge in [-0.15, -0.1) is 0 Å². The predicted molar refractivity (Wildman–Crippen MR) is 137 cm³/mol. The third kappa shape index (κ3) is 4.76. The number of para-hydroxylation sites is 4. The number of nitrogens with zero attached hydrogens (tertiary/aromatic N) is 4. The van der Waals surface area contributed by atoms with Crippen molar-refractivity contribution >= 4 is 34.6 Å². The molecule has 0 unspecified atom stereocenters. The van der Waals surface area contributed by atoms with Crippen molar-refractivity contribution in [3.63, 3.8) is 0 Å². The highest BCUT2D eigenvalue weighted by Crippen LogP contribution is 2.32. The van der Waals surface area contributed by atoms with Crippen LogP contribution in [0.1, 0.15) is 13.8 Å². The van der Waals surface area contributed by atoms with Crippen molar-refractivity contribution < 1.29 is 9.59 Å². The highest BCUT2D eigenvalue weighted by atomic mass is 16.2. The van der Waals surface area contributed by atoms with Gasteiger partial charge in [0.2, 0.25) is 11.8 Å². The van der Waals surface area contributed by atoms with Gasteiger partial charge in [-0.3, -0.25) is 9.59 Å². The molecular weight excluding hydrogens is 424 g/mol. The highest BCUT2D eigenvalue weighted by molar-refractivity contribution is 5.99. The lowest BCUT2D eigenvalue weighted by atomic mass is 10.2. The third-order valence-corrected chi connectivity index (χ3v) is 5.13. The van der Waals surface area contributed by atoms with E-state index in [0.29, 0.717) is 22.7 Å². The summed E-state index contributed by atoms with van der Waals surface area (Å²) in [5, 5.41) is 6.56. The van der Waals surface area contributed by atoms with E-state index in [1.54, 1.807) is 20.3 Å². The van der Waals surface area contributed by atoms with Crippen LogP contribution >= 0.6 is 0 Å². The number of anilines is 4. The zero-order valence-corrected chi connectivity index (χ0v) is 19.2. The van der Waals surface area contributed by atoms with Crippen molar-refractivity contribution in [3.8, 4) is 0 Å². The molecule has 0 spiro atoms. The van der Waals surface area contributed by atoms with E-state index in [2.05, 4.69) is 0 Å². The second-order valence-electron chi connectivity index (χ2n) is 7.58. The molecule has 0 atom stereocenters. The van der Waals surface area contributed by atoms with Crippen LogP contribution in [0.4, 0.5) is 22.7 Å². The molecule has 0 N–H and O–H groups in total. The maximum absolute atomic E-state index is 13.2. The highest BCUT2D eigenvalue weighted by Gasteiger charge is 2.33. The number of carbonyl (C=O) groups is 2. The van der Waals surface area contributed by atoms with Crippen LogP contribution in [-0.2, 0) is 9.59 Å². The fourth-order valence-corrected chi connectivity index (χ4v) is 3.73. The largest absolute Gasteiger partial charge is 0.273 e. The number of carbonyl (C=O) groups excluding carboxylic acids is 2. The fraction of sp³-hybridized carbons (Fsp3) is 0.0714. The molecule has 0 saturated heterocycles. The van der Waals surface area contributed by atoms with Gasteiger partial charge in [0.25, 0.3) is 0 Å². The minimum atomic E-state index is -0.215. The van der Waals surface area contributed by atoms with Gasteiger partial charge in [-0.1, -0.05) is 72.8 Å². The van der Waals surface area contributed by atoms with Crippen LogP contribution in [0.5, 0.6) is 0 Å². The van der Waals surface area contributed by atoms with E-state index in [4.69, 9.17) is 0 Å². The summed E-state index contributed by atoms with van der Waals surface area (Å²) < 4.78 is 0. The van der Waals surface area contributed by atoms with Crippen LogP contribution in [0, 0.1) is 0 Å². The third-order valence-electron chi connectivity index (χ3n) is 5.13. The quantitative estimate of drug-likeness (QED) is 0.331. The van der Waals surface area contributed by atoms with Gasteiger partial charge in [0.1, 0.15) is 0 Å². The molecule has 0 bridgehead atoms. The lowest BCUT2D eigenvalue weighted by Gasteiger charge is -2.47. The summed E-state index contributed by atoms with van der Waals surface area (Å²) in [5.41, 5.74) is 2.73. The lowest BCUT2D eigenvalue weighted by Crippen LogP contribution is -2.64. The van der Waals surface area contributed by atoms with E-state index in [9.17, 15) is 9.59 Å². The van der Waals surface area contributed by atoms with Crippen LogP contribution in [0.25, 0.3) is 0 Å². The predicted octanol–water partition coefficient (Wildman–Crippen LogP) is 5.85. The Morgan fingerprint density at radius 1 is 0.412 bits per heavy atom. The molecule has 4 aromatic rings. The van der Waals surface area contributed by atoms with E-state index >= 15 is 0 Å². The number of rotatable bonds is 7. The van der Waals surface area contributed by atoms with Gasteiger partial charge in [0, 0.05) is 13.8 Å². The summed E-state index contributed by atoms with van der Waals surface area (Å²) in [7, 11) is 0. The van der Waals surface area contributed by atoms with E-state index in [0.717, 1.165) is 0 Å². The van der Waals surface area contributed by atoms with Crippen molar-refractivity contribution in [1.82, 2.24) is 0 Å². The number of benzene rings is 4. The molecule has 4 aromatic carbocycles. The topological polar surface area (TPSA) is 47.1 Å². The monoisotopic (exact) mass is 450 g/mol. The van der Waals surface area contributed by atoms with Crippen molar-refractivity contribution in [2.75, 3.05) is 20.3 Å². The molecule has 6 heteroatoms. The Labute approximate surface area is 199 Å². The molecule has 2 amide bonds. The van der Waals surface area contributed by atoms with Gasteiger partial charge >= 0.3 is 0 Å². The van der Waals surface area contributed by atoms with Gasteiger partial charge in [-0.25, -0.2) is 10.0 Å². The Balaban J connectivity index is 2.01. The summed E-state index contributed by atoms with van der Waals surface area (Å²) >= 11 is 0. The maximum atomic E-state index is 13.2. The SMILES string of the molecule is CC(=O)N(c1ccccc1)N(c1ccccc1)N(c1ccccc1)N(C(C)=O)c1ccccc1. The second kappa shape index (κ2) is 10.4. The molecule has 170 valence electrons. The average Bonchev–Trinajstić information content (AvgIpc) is 2.87. The van der Waals surface area contributed by atoms with Crippen molar-refractivity contribution in [3.05, 3.63) is 121 Å². The van der Waals surface area contributed by atoms with Gasteiger partial charge in [-0.2, -0.15) is 10.2 Å². The number of hydrogen-bond donors (Lipinski definition) is 0. The molecule has 4 rings (SSSR count). The summed E-state index contributed by atoms with van der Waals surface area (Å²) in [6, 6.07) is 37.8. The van der Waals surface area contributed by atoms with Crippen LogP contribution in [-0.4, -0.2) is 11.8 Å². The Bertz CT molecular complexity index is 1120. The molecular formula is C28H26N4O2. The Kier molecular flexibility index (Phi) is 6.89. The second-order valence-corrected chi connectivity index (χ2v) is 7.58. The van der Waals surface area contributed by atoms with Gasteiger partial charge in [0.15, 0.2) is 0 Å². The average molecular weight is 451 g/mol. The Morgan fingerprint density at radius 3 is 0.882 bits per heavy atom. The Hall–Kier alpha value is -4.58. The molecule has 0 aliphatic rings. The number of hydrogen-bond acceptors (Lipinski definition) is 4. The molecule has 0 fully saturated rings. The van der Waals surface area contributed by atoms with Gasteiger partial charge in [0.05, 0.1) is 22.7 Å². The van der Waals surface area contributed by atoms with Crippen molar-refractivity contribution in [2.45, 2.75) is 13.8 Å². The first-order valence-electron chi connectivity index (χ1n) is 11.0. The summed E-state index contributed by atoms with van der Waals surface area (Å²) in [6.07, 6.45) is 0. The standard InChI is InChI=1S/C28H26N4O2/c1-23(33)29(25-15-7-3-8-16-25)31(27-19-11-5-12-20-27)32(28-21-13-6-14-22-28)30(24(2)34)26-17-9-4-10-18-26/h3-22H,1-2H3. The van der Waals surface area contributed by atoms with Gasteiger partial charge in [-0.05, 0) is 48.5 Å². The number of amides is 2. The van der Waals surface area contributed by atoms with Crippen LogP contribution in [0.2, 0.25) is 0 Å².